The predicted octanol–water partition coefficient (Wildman–Crippen LogP) is 3.26. The van der Waals surface area contributed by atoms with Crippen molar-refractivity contribution in [3.05, 3.63) is 36.0 Å². The third kappa shape index (κ3) is 3.90. The number of alkyl halides is 2. The minimum absolute atomic E-state index is 0.0620. The second-order valence-electron chi connectivity index (χ2n) is 6.56. The predicted molar refractivity (Wildman–Crippen MR) is 96.5 cm³/mol. The Bertz CT molecular complexity index is 813. The van der Waals surface area contributed by atoms with E-state index in [2.05, 4.69) is 15.0 Å². The van der Waals surface area contributed by atoms with Crippen molar-refractivity contribution in [3.8, 4) is 17.4 Å². The first-order valence-electron chi connectivity index (χ1n) is 8.93. The normalized spacial score (nSPS) is 19.0. The van der Waals surface area contributed by atoms with Crippen molar-refractivity contribution in [1.82, 2.24) is 10.3 Å². The minimum atomic E-state index is -2.89. The fraction of sp³-hybridized carbons (Fsp3) is 0.421. The molecule has 0 radical (unpaired) electrons. The van der Waals surface area contributed by atoms with Gasteiger partial charge in [-0.05, 0) is 38.1 Å². The Morgan fingerprint density at radius 3 is 2.96 bits per heavy atom. The zero-order chi connectivity index (χ0) is 18.8. The molecule has 0 aliphatic carbocycles. The van der Waals surface area contributed by atoms with Gasteiger partial charge in [-0.2, -0.15) is 8.78 Å². The molecular weight excluding hydrogens is 356 g/mol. The van der Waals surface area contributed by atoms with Gasteiger partial charge in [-0.15, -0.1) is 0 Å². The molecule has 3 heterocycles. The molecule has 1 saturated heterocycles. The van der Waals surface area contributed by atoms with Gasteiger partial charge in [0.25, 0.3) is 0 Å². The zero-order valence-electron chi connectivity index (χ0n) is 15.0. The molecule has 2 aromatic rings. The van der Waals surface area contributed by atoms with Crippen LogP contribution in [0.25, 0.3) is 0 Å². The molecule has 27 heavy (non-hydrogen) atoms. The standard InChI is InChI=1S/C19H21F2N3O3/c1-12-8-13(10-23-18(12)27-19(20)21)24-6-7-25-17-3-2-14(9-16(17)24)26-15-4-5-22-11-15/h2-3,8-10,15,19,22H,4-7,11H2,1H3/t15-/m0/s1. The fourth-order valence-corrected chi connectivity index (χ4v) is 3.36. The van der Waals surface area contributed by atoms with Crippen LogP contribution in [0, 0.1) is 6.92 Å². The van der Waals surface area contributed by atoms with Gasteiger partial charge in [0.1, 0.15) is 24.2 Å². The van der Waals surface area contributed by atoms with Crippen molar-refractivity contribution in [1.29, 1.82) is 0 Å². The first-order valence-corrected chi connectivity index (χ1v) is 8.93. The van der Waals surface area contributed by atoms with Crippen LogP contribution >= 0.6 is 0 Å². The Kier molecular flexibility index (Phi) is 4.98. The molecule has 1 fully saturated rings. The van der Waals surface area contributed by atoms with Crippen LogP contribution in [0.1, 0.15) is 12.0 Å². The first kappa shape index (κ1) is 17.8. The average molecular weight is 377 g/mol. The number of hydrogen-bond acceptors (Lipinski definition) is 6. The summed E-state index contributed by atoms with van der Waals surface area (Å²) in [6, 6.07) is 7.54. The van der Waals surface area contributed by atoms with E-state index in [1.165, 1.54) is 6.20 Å². The van der Waals surface area contributed by atoms with Gasteiger partial charge < -0.3 is 24.4 Å². The second kappa shape index (κ2) is 7.56. The van der Waals surface area contributed by atoms with Gasteiger partial charge in [-0.3, -0.25) is 0 Å². The molecule has 1 N–H and O–H groups in total. The van der Waals surface area contributed by atoms with E-state index >= 15 is 0 Å². The van der Waals surface area contributed by atoms with Crippen LogP contribution < -0.4 is 24.4 Å². The third-order valence-electron chi connectivity index (χ3n) is 4.64. The summed E-state index contributed by atoms with van der Waals surface area (Å²) < 4.78 is 41.2. The first-order chi connectivity index (χ1) is 13.1. The molecule has 4 rings (SSSR count). The molecule has 1 aromatic carbocycles. The van der Waals surface area contributed by atoms with Crippen LogP contribution in [-0.4, -0.2) is 43.9 Å². The zero-order valence-corrected chi connectivity index (χ0v) is 15.0. The number of pyridine rings is 1. The lowest BCUT2D eigenvalue weighted by molar-refractivity contribution is -0.0533. The molecule has 8 heteroatoms. The molecular formula is C19H21F2N3O3. The van der Waals surface area contributed by atoms with Crippen LogP contribution in [0.2, 0.25) is 0 Å². The summed E-state index contributed by atoms with van der Waals surface area (Å²) in [4.78, 5) is 6.09. The number of aromatic nitrogens is 1. The van der Waals surface area contributed by atoms with Crippen LogP contribution in [0.15, 0.2) is 30.5 Å². The molecule has 0 amide bonds. The molecule has 2 aliphatic heterocycles. The maximum atomic E-state index is 12.5. The van der Waals surface area contributed by atoms with Crippen molar-refractivity contribution >= 4 is 11.4 Å². The van der Waals surface area contributed by atoms with Crippen molar-refractivity contribution in [2.45, 2.75) is 26.1 Å². The Labute approximate surface area is 156 Å². The summed E-state index contributed by atoms with van der Waals surface area (Å²) in [5.74, 6) is 1.47. The lowest BCUT2D eigenvalue weighted by atomic mass is 10.2. The Morgan fingerprint density at radius 1 is 1.33 bits per heavy atom. The summed E-state index contributed by atoms with van der Waals surface area (Å²) in [5.41, 5.74) is 2.21. The summed E-state index contributed by atoms with van der Waals surface area (Å²) >= 11 is 0. The summed E-state index contributed by atoms with van der Waals surface area (Å²) in [6.07, 6.45) is 2.68. The molecule has 0 saturated carbocycles. The Morgan fingerprint density at radius 2 is 2.22 bits per heavy atom. The highest BCUT2D eigenvalue weighted by molar-refractivity contribution is 5.72. The number of ether oxygens (including phenoxy) is 3. The van der Waals surface area contributed by atoms with Crippen molar-refractivity contribution in [2.75, 3.05) is 31.1 Å². The van der Waals surface area contributed by atoms with Crippen LogP contribution in [0.5, 0.6) is 17.4 Å². The molecule has 144 valence electrons. The molecule has 0 bridgehead atoms. The number of nitrogens with one attached hydrogen (secondary N) is 1. The quantitative estimate of drug-likeness (QED) is 0.863. The van der Waals surface area contributed by atoms with Gasteiger partial charge in [0.05, 0.1) is 24.1 Å². The molecule has 1 atom stereocenters. The minimum Gasteiger partial charge on any atom is -0.490 e. The van der Waals surface area contributed by atoms with Crippen molar-refractivity contribution in [2.24, 2.45) is 0 Å². The highest BCUT2D eigenvalue weighted by Gasteiger charge is 2.23. The number of hydrogen-bond donors (Lipinski definition) is 1. The van der Waals surface area contributed by atoms with Gasteiger partial charge in [0, 0.05) is 18.2 Å². The topological polar surface area (TPSA) is 55.9 Å². The van der Waals surface area contributed by atoms with Crippen molar-refractivity contribution < 1.29 is 23.0 Å². The number of halogens is 2. The monoisotopic (exact) mass is 377 g/mol. The number of rotatable bonds is 5. The lowest BCUT2D eigenvalue weighted by Gasteiger charge is -2.32. The van der Waals surface area contributed by atoms with E-state index in [1.807, 2.05) is 23.1 Å². The maximum Gasteiger partial charge on any atom is 0.388 e. The highest BCUT2D eigenvalue weighted by Crippen LogP contribution is 2.40. The number of nitrogens with zero attached hydrogens (tertiary/aromatic N) is 2. The fourth-order valence-electron chi connectivity index (χ4n) is 3.36. The highest BCUT2D eigenvalue weighted by atomic mass is 19.3. The van der Waals surface area contributed by atoms with Crippen LogP contribution in [0.4, 0.5) is 20.2 Å². The van der Waals surface area contributed by atoms with Gasteiger partial charge >= 0.3 is 6.61 Å². The maximum absolute atomic E-state index is 12.5. The van der Waals surface area contributed by atoms with E-state index in [9.17, 15) is 8.78 Å². The molecule has 6 nitrogen and oxygen atoms in total. The van der Waals surface area contributed by atoms with Gasteiger partial charge in [-0.1, -0.05) is 0 Å². The molecule has 0 spiro atoms. The van der Waals surface area contributed by atoms with E-state index in [-0.39, 0.29) is 12.0 Å². The number of anilines is 2. The van der Waals surface area contributed by atoms with Gasteiger partial charge in [-0.25, -0.2) is 4.98 Å². The Hall–Kier alpha value is -2.61. The second-order valence-corrected chi connectivity index (χ2v) is 6.56. The van der Waals surface area contributed by atoms with E-state index in [4.69, 9.17) is 9.47 Å². The smallest absolute Gasteiger partial charge is 0.388 e. The lowest BCUT2D eigenvalue weighted by Crippen LogP contribution is -2.29. The average Bonchev–Trinajstić information content (AvgIpc) is 3.15. The number of benzene rings is 1. The van der Waals surface area contributed by atoms with Gasteiger partial charge in [0.15, 0.2) is 0 Å². The summed E-state index contributed by atoms with van der Waals surface area (Å²) in [6.45, 7) is 1.75. The SMILES string of the molecule is Cc1cc(N2CCOc3ccc(O[C@H]4CCNC4)cc32)cnc1OC(F)F. The van der Waals surface area contributed by atoms with E-state index in [0.29, 0.717) is 18.7 Å². The van der Waals surface area contributed by atoms with Crippen molar-refractivity contribution in [3.63, 3.8) is 0 Å². The number of fused-ring (bicyclic) bond motifs is 1. The van der Waals surface area contributed by atoms with E-state index < -0.39 is 6.61 Å². The third-order valence-corrected chi connectivity index (χ3v) is 4.64. The summed E-state index contributed by atoms with van der Waals surface area (Å²) in [7, 11) is 0. The van der Waals surface area contributed by atoms with Crippen LogP contribution in [0.3, 0.4) is 0 Å². The van der Waals surface area contributed by atoms with Gasteiger partial charge in [0.2, 0.25) is 5.88 Å². The van der Waals surface area contributed by atoms with Crippen LogP contribution in [-0.2, 0) is 0 Å². The van der Waals surface area contributed by atoms with E-state index in [1.54, 1.807) is 13.0 Å². The molecule has 2 aliphatic rings. The number of aryl methyl sites for hydroxylation is 1. The van der Waals surface area contributed by atoms with E-state index in [0.717, 1.165) is 42.4 Å². The molecule has 0 unspecified atom stereocenters. The summed E-state index contributed by atoms with van der Waals surface area (Å²) in [5, 5.41) is 3.28. The molecule has 1 aromatic heterocycles. The Balaban J connectivity index is 1.60. The largest absolute Gasteiger partial charge is 0.490 e.